The van der Waals surface area contributed by atoms with E-state index in [1.54, 1.807) is 19.2 Å². The van der Waals surface area contributed by atoms with Crippen LogP contribution in [0.15, 0.2) is 54.9 Å². The summed E-state index contributed by atoms with van der Waals surface area (Å²) in [5, 5.41) is 16.8. The molecule has 6 bridgehead atoms. The molecule has 65 heavy (non-hydrogen) atoms. The third kappa shape index (κ3) is 9.56. The van der Waals surface area contributed by atoms with Crippen LogP contribution in [0.5, 0.6) is 5.75 Å². The number of epoxide rings is 1. The lowest BCUT2D eigenvalue weighted by Crippen LogP contribution is -2.62. The number of likely N-dealkylation sites (N-methyl/N-ethyl adjacent to an activating group) is 1. The number of carbonyl (C=O) groups excluding carboxylic acids is 5. The van der Waals surface area contributed by atoms with Crippen molar-refractivity contribution in [2.45, 2.75) is 124 Å². The Morgan fingerprint density at radius 3 is 2.52 bits per heavy atom. The third-order valence-electron chi connectivity index (χ3n) is 13.9. The molecule has 5 heterocycles. The third-order valence-corrected chi connectivity index (χ3v) is 13.9. The summed E-state index contributed by atoms with van der Waals surface area (Å²) in [5.41, 5.74) is 10.3. The Kier molecular flexibility index (Phi) is 13.2. The number of pyridine rings is 1. The fraction of sp³-hybridized carbons (Fsp3) is 0.529. The second-order valence-corrected chi connectivity index (χ2v) is 19.7. The quantitative estimate of drug-likeness (QED) is 0.123. The summed E-state index contributed by atoms with van der Waals surface area (Å²) < 4.78 is 13.6. The van der Waals surface area contributed by atoms with Gasteiger partial charge in [0.05, 0.1) is 18.9 Å². The van der Waals surface area contributed by atoms with Gasteiger partial charge in [0.25, 0.3) is 5.91 Å². The van der Waals surface area contributed by atoms with Gasteiger partial charge in [-0.25, -0.2) is 5.43 Å². The molecule has 2 saturated heterocycles. The van der Waals surface area contributed by atoms with E-state index in [9.17, 15) is 29.1 Å². The number of aryl methyl sites for hydroxylation is 2. The van der Waals surface area contributed by atoms with Gasteiger partial charge in [0, 0.05) is 72.7 Å². The molecular formula is C51H64N6O8. The lowest BCUT2D eigenvalue weighted by Gasteiger charge is -2.37. The first kappa shape index (κ1) is 45.9. The van der Waals surface area contributed by atoms with Gasteiger partial charge in [-0.3, -0.25) is 34.0 Å². The number of nitrogens with zero attached hydrogens (tertiary/aromatic N) is 4. The molecule has 2 aromatic carbocycles. The standard InChI is InChI=1S/C51H64N6O8/c1-8-31-16-17-52-26-39(31)45-38-25-51(5,6)28-65-50(63)40-11-10-18-57(54-40)49(62)41(21-30-19-35(23-36(58)20-30)32-14-15-42(37(38)24-32)56(45)9-2)53-47(60)44(29(3)4)55(7)48(61)34-13-12-33(22-34)46(59)43-27-64-43/h14-17,19-20,23-24,26,29,33-34,40-41,43-44,54,58H,8-13,18,21-22,25,27-28H2,1-7H3,(H,53,60)/t33?,34-,40-,41-,43-,44-/m0/s1. The Labute approximate surface area is 381 Å². The zero-order valence-corrected chi connectivity index (χ0v) is 38.8. The molecular weight excluding hydrogens is 825 g/mol. The smallest absolute Gasteiger partial charge is 0.324 e. The molecule has 8 rings (SSSR count). The zero-order chi connectivity index (χ0) is 46.3. The SMILES string of the molecule is CCc1ccncc1-c1c2c3cc(ccc3n1CC)-c1cc(O)cc(c1)C[C@H](NC(=O)[C@H](C(C)C)N(C)C(=O)[C@H]1CCC(C(=O)[C@@H]3CO3)C1)C(=O)N1CCC[C@H](N1)C(=O)OCC(C)(C)C2. The van der Waals surface area contributed by atoms with Gasteiger partial charge in [-0.05, 0) is 116 Å². The number of aromatic nitrogens is 2. The van der Waals surface area contributed by atoms with Gasteiger partial charge in [-0.2, -0.15) is 0 Å². The molecule has 2 aromatic heterocycles. The highest BCUT2D eigenvalue weighted by atomic mass is 16.6. The summed E-state index contributed by atoms with van der Waals surface area (Å²) in [5.74, 6) is -2.55. The molecule has 0 radical (unpaired) electrons. The highest BCUT2D eigenvalue weighted by Gasteiger charge is 2.44. The van der Waals surface area contributed by atoms with Crippen LogP contribution in [0.25, 0.3) is 33.3 Å². The number of carbonyl (C=O) groups is 5. The topological polar surface area (TPSA) is 176 Å². The molecule has 3 N–H and O–H groups in total. The molecule has 1 saturated carbocycles. The number of hydrogen-bond acceptors (Lipinski definition) is 10. The minimum absolute atomic E-state index is 0.00606. The Morgan fingerprint density at radius 2 is 1.80 bits per heavy atom. The predicted molar refractivity (Wildman–Crippen MR) is 246 cm³/mol. The van der Waals surface area contributed by atoms with Crippen LogP contribution in [0.1, 0.15) is 90.3 Å². The number of ketones is 1. The molecule has 346 valence electrons. The van der Waals surface area contributed by atoms with Crippen LogP contribution in [0.2, 0.25) is 0 Å². The fourth-order valence-corrected chi connectivity index (χ4v) is 10.5. The maximum Gasteiger partial charge on any atom is 0.324 e. The minimum atomic E-state index is -1.14. The summed E-state index contributed by atoms with van der Waals surface area (Å²) in [4.78, 5) is 75.9. The molecule has 3 amide bonds. The van der Waals surface area contributed by atoms with Gasteiger partial charge in [-0.1, -0.05) is 46.8 Å². The monoisotopic (exact) mass is 888 g/mol. The fourth-order valence-electron chi connectivity index (χ4n) is 10.5. The van der Waals surface area contributed by atoms with Crippen molar-refractivity contribution in [2.24, 2.45) is 23.2 Å². The van der Waals surface area contributed by atoms with Crippen LogP contribution >= 0.6 is 0 Å². The number of amides is 3. The first-order chi connectivity index (χ1) is 31.1. The number of hydrogen-bond donors (Lipinski definition) is 3. The number of hydrazine groups is 1. The van der Waals surface area contributed by atoms with E-state index in [0.717, 1.165) is 45.3 Å². The van der Waals surface area contributed by atoms with E-state index in [1.165, 1.54) is 15.5 Å². The second kappa shape index (κ2) is 18.7. The largest absolute Gasteiger partial charge is 0.508 e. The average Bonchev–Trinajstić information content (AvgIpc) is 3.95. The summed E-state index contributed by atoms with van der Waals surface area (Å²) in [6, 6.07) is 10.8. The van der Waals surface area contributed by atoms with Crippen LogP contribution in [0.3, 0.4) is 0 Å². The summed E-state index contributed by atoms with van der Waals surface area (Å²) in [7, 11) is 1.61. The molecule has 4 aliphatic rings. The Morgan fingerprint density at radius 1 is 1.03 bits per heavy atom. The van der Waals surface area contributed by atoms with Crippen LogP contribution in [-0.2, 0) is 59.3 Å². The van der Waals surface area contributed by atoms with Crippen LogP contribution < -0.4 is 10.7 Å². The average molecular weight is 889 g/mol. The summed E-state index contributed by atoms with van der Waals surface area (Å²) in [6.07, 6.45) is 7.37. The van der Waals surface area contributed by atoms with E-state index in [2.05, 4.69) is 66.2 Å². The predicted octanol–water partition coefficient (Wildman–Crippen LogP) is 6.17. The van der Waals surface area contributed by atoms with E-state index in [0.29, 0.717) is 63.8 Å². The number of nitrogens with one attached hydrogen (secondary N) is 2. The Bertz CT molecular complexity index is 2490. The van der Waals surface area contributed by atoms with Crippen molar-refractivity contribution in [2.75, 3.05) is 26.8 Å². The van der Waals surface area contributed by atoms with Crippen molar-refractivity contribution in [3.8, 4) is 28.1 Å². The molecule has 3 aliphatic heterocycles. The van der Waals surface area contributed by atoms with E-state index in [4.69, 9.17) is 9.47 Å². The number of cyclic esters (lactones) is 1. The number of ether oxygens (including phenoxy) is 2. The summed E-state index contributed by atoms with van der Waals surface area (Å²) in [6.45, 7) is 13.7. The lowest BCUT2D eigenvalue weighted by atomic mass is 9.84. The van der Waals surface area contributed by atoms with Crippen LogP contribution in [-0.4, -0.2) is 105 Å². The van der Waals surface area contributed by atoms with Gasteiger partial charge in [0.2, 0.25) is 11.8 Å². The number of phenols is 1. The Hall–Kier alpha value is -5.60. The van der Waals surface area contributed by atoms with E-state index in [-0.39, 0.29) is 48.4 Å². The molecule has 1 aliphatic carbocycles. The minimum Gasteiger partial charge on any atom is -0.508 e. The Balaban J connectivity index is 1.17. The van der Waals surface area contributed by atoms with Crippen molar-refractivity contribution in [3.05, 3.63) is 71.5 Å². The number of fused-ring (bicyclic) bond motifs is 6. The zero-order valence-electron chi connectivity index (χ0n) is 38.8. The molecule has 0 spiro atoms. The van der Waals surface area contributed by atoms with Gasteiger partial charge in [-0.15, -0.1) is 0 Å². The maximum absolute atomic E-state index is 14.7. The van der Waals surface area contributed by atoms with E-state index >= 15 is 0 Å². The van der Waals surface area contributed by atoms with Crippen LogP contribution in [0.4, 0.5) is 0 Å². The van der Waals surface area contributed by atoms with Crippen molar-refractivity contribution >= 4 is 40.4 Å². The number of benzene rings is 2. The van der Waals surface area contributed by atoms with Crippen molar-refractivity contribution in [3.63, 3.8) is 0 Å². The van der Waals surface area contributed by atoms with Crippen LogP contribution in [0, 0.1) is 23.2 Å². The maximum atomic E-state index is 14.7. The van der Waals surface area contributed by atoms with Gasteiger partial charge < -0.3 is 29.4 Å². The molecule has 1 unspecified atom stereocenters. The number of Topliss-reactive ketones (excluding diaryl/α,β-unsaturated/α-hetero) is 1. The van der Waals surface area contributed by atoms with Crippen molar-refractivity contribution in [1.82, 2.24) is 30.2 Å². The number of aromatic hydroxyl groups is 1. The molecule has 4 aromatic rings. The normalized spacial score (nSPS) is 23.8. The van der Waals surface area contributed by atoms with E-state index in [1.807, 2.05) is 38.4 Å². The van der Waals surface area contributed by atoms with Crippen molar-refractivity contribution in [1.29, 1.82) is 0 Å². The molecule has 6 atom stereocenters. The van der Waals surface area contributed by atoms with E-state index < -0.39 is 47.2 Å². The van der Waals surface area contributed by atoms with Crippen molar-refractivity contribution < 1.29 is 38.6 Å². The van der Waals surface area contributed by atoms with Gasteiger partial charge in [0.15, 0.2) is 5.78 Å². The summed E-state index contributed by atoms with van der Waals surface area (Å²) >= 11 is 0. The van der Waals surface area contributed by atoms with Gasteiger partial charge in [0.1, 0.15) is 30.0 Å². The highest BCUT2D eigenvalue weighted by molar-refractivity contribution is 5.96. The van der Waals surface area contributed by atoms with Gasteiger partial charge >= 0.3 is 5.97 Å². The first-order valence-corrected chi connectivity index (χ1v) is 23.5. The highest BCUT2D eigenvalue weighted by Crippen LogP contribution is 2.42. The second-order valence-electron chi connectivity index (χ2n) is 19.7. The first-order valence-electron chi connectivity index (χ1n) is 23.5. The number of rotatable bonds is 10. The lowest BCUT2D eigenvalue weighted by molar-refractivity contribution is -0.155. The molecule has 14 nitrogen and oxygen atoms in total. The number of esters is 1. The molecule has 14 heteroatoms. The number of phenolic OH excluding ortho intramolecular Hbond substituents is 1. The molecule has 3 fully saturated rings.